The highest BCUT2D eigenvalue weighted by atomic mass is 19.2. The lowest BCUT2D eigenvalue weighted by atomic mass is 9.93. The molecule has 2 aliphatic rings. The molecule has 0 saturated heterocycles. The van der Waals surface area contributed by atoms with Crippen molar-refractivity contribution in [1.29, 1.82) is 0 Å². The second kappa shape index (κ2) is 8.15. The van der Waals surface area contributed by atoms with Crippen molar-refractivity contribution < 1.29 is 8.78 Å². The second-order valence-corrected chi connectivity index (χ2v) is 7.45. The van der Waals surface area contributed by atoms with Gasteiger partial charge in [-0.05, 0) is 61.6 Å². The first-order valence-electron chi connectivity index (χ1n) is 9.97. The number of allylic oxidation sites excluding steroid dienone is 3. The Labute approximate surface area is 169 Å². The predicted octanol–water partition coefficient (Wildman–Crippen LogP) is 5.60. The molecule has 4 nitrogen and oxygen atoms in total. The Bertz CT molecular complexity index is 979. The summed E-state index contributed by atoms with van der Waals surface area (Å²) in [5.74, 6) is -1.03. The number of halogens is 2. The van der Waals surface area contributed by atoms with E-state index >= 15 is 0 Å². The third kappa shape index (κ3) is 4.06. The molecule has 1 aliphatic heterocycles. The molecule has 0 amide bonds. The Kier molecular flexibility index (Phi) is 5.43. The lowest BCUT2D eigenvalue weighted by Gasteiger charge is -2.33. The van der Waals surface area contributed by atoms with Crippen LogP contribution < -0.4 is 5.32 Å². The Hall–Kier alpha value is -3.02. The van der Waals surface area contributed by atoms with E-state index in [1.54, 1.807) is 12.3 Å². The average Bonchev–Trinajstić information content (AvgIpc) is 2.69. The number of rotatable bonds is 6. The number of aromatic nitrogens is 2. The first-order chi connectivity index (χ1) is 14.0. The zero-order valence-electron chi connectivity index (χ0n) is 16.4. The molecule has 150 valence electrons. The van der Waals surface area contributed by atoms with E-state index in [4.69, 9.17) is 0 Å². The standard InChI is InChI=1S/C23H24F2N4/c1-3-22(17-7-8-19(24)20(25)14-17)29-12-10-16(13-15(29)2)21-9-11-26-23(28-21)27-18-5-4-6-18/h7-14,18,22H,2-6H2,1H3,(H,26,27,28). The minimum absolute atomic E-state index is 0.132. The summed E-state index contributed by atoms with van der Waals surface area (Å²) in [6, 6.07) is 6.25. The highest BCUT2D eigenvalue weighted by Crippen LogP contribution is 2.33. The molecule has 4 rings (SSSR count). The number of benzene rings is 1. The van der Waals surface area contributed by atoms with Gasteiger partial charge in [-0.1, -0.05) is 19.6 Å². The van der Waals surface area contributed by atoms with Gasteiger partial charge in [0.25, 0.3) is 0 Å². The molecule has 1 aromatic heterocycles. The van der Waals surface area contributed by atoms with Crippen LogP contribution in [0, 0.1) is 11.6 Å². The number of anilines is 1. The van der Waals surface area contributed by atoms with Crippen molar-refractivity contribution in [2.45, 2.75) is 44.7 Å². The van der Waals surface area contributed by atoms with Crippen molar-refractivity contribution in [3.63, 3.8) is 0 Å². The Morgan fingerprint density at radius 2 is 2.07 bits per heavy atom. The van der Waals surface area contributed by atoms with E-state index in [9.17, 15) is 8.78 Å². The Morgan fingerprint density at radius 3 is 2.72 bits per heavy atom. The fraction of sp³-hybridized carbons (Fsp3) is 0.304. The predicted molar refractivity (Wildman–Crippen MR) is 111 cm³/mol. The van der Waals surface area contributed by atoms with E-state index in [0.717, 1.165) is 36.2 Å². The van der Waals surface area contributed by atoms with E-state index in [0.29, 0.717) is 17.6 Å². The summed E-state index contributed by atoms with van der Waals surface area (Å²) in [4.78, 5) is 10.9. The van der Waals surface area contributed by atoms with Crippen molar-refractivity contribution in [2.24, 2.45) is 0 Å². The van der Waals surface area contributed by atoms with Crippen molar-refractivity contribution in [3.8, 4) is 0 Å². The summed E-state index contributed by atoms with van der Waals surface area (Å²) in [5.41, 5.74) is 3.24. The average molecular weight is 394 g/mol. The third-order valence-electron chi connectivity index (χ3n) is 5.51. The van der Waals surface area contributed by atoms with Gasteiger partial charge in [0, 0.05) is 29.7 Å². The van der Waals surface area contributed by atoms with Gasteiger partial charge in [-0.15, -0.1) is 0 Å². The van der Waals surface area contributed by atoms with Crippen LogP contribution in [0.5, 0.6) is 0 Å². The van der Waals surface area contributed by atoms with Gasteiger partial charge >= 0.3 is 0 Å². The molecule has 1 aromatic carbocycles. The largest absolute Gasteiger partial charge is 0.351 e. The molecule has 1 aliphatic carbocycles. The van der Waals surface area contributed by atoms with Gasteiger partial charge < -0.3 is 10.2 Å². The first-order valence-corrected chi connectivity index (χ1v) is 9.97. The van der Waals surface area contributed by atoms with Gasteiger partial charge in [-0.3, -0.25) is 0 Å². The quantitative estimate of drug-likeness (QED) is 0.693. The third-order valence-corrected chi connectivity index (χ3v) is 5.51. The second-order valence-electron chi connectivity index (χ2n) is 7.45. The number of nitrogens with one attached hydrogen (secondary N) is 1. The van der Waals surface area contributed by atoms with Gasteiger partial charge in [0.15, 0.2) is 11.6 Å². The Morgan fingerprint density at radius 1 is 1.24 bits per heavy atom. The fourth-order valence-electron chi connectivity index (χ4n) is 3.66. The maximum absolute atomic E-state index is 13.7. The molecule has 1 atom stereocenters. The summed E-state index contributed by atoms with van der Waals surface area (Å²) in [7, 11) is 0. The molecule has 1 fully saturated rings. The lowest BCUT2D eigenvalue weighted by Crippen LogP contribution is -2.28. The van der Waals surface area contributed by atoms with Gasteiger partial charge in [-0.2, -0.15) is 0 Å². The van der Waals surface area contributed by atoms with E-state index in [2.05, 4.69) is 21.9 Å². The smallest absolute Gasteiger partial charge is 0.223 e. The van der Waals surface area contributed by atoms with E-state index in [1.807, 2.05) is 36.2 Å². The SMILES string of the molecule is C=C1C=C(c2ccnc(NC3CCC3)n2)C=CN1C(CC)c1ccc(F)c(F)c1. The molecular weight excluding hydrogens is 370 g/mol. The molecule has 0 radical (unpaired) electrons. The van der Waals surface area contributed by atoms with Crippen LogP contribution in [-0.2, 0) is 0 Å². The summed E-state index contributed by atoms with van der Waals surface area (Å²) >= 11 is 0. The molecule has 2 aromatic rings. The van der Waals surface area contributed by atoms with Crippen molar-refractivity contribution >= 4 is 11.5 Å². The minimum atomic E-state index is -0.839. The van der Waals surface area contributed by atoms with Crippen molar-refractivity contribution in [2.75, 3.05) is 5.32 Å². The van der Waals surface area contributed by atoms with Gasteiger partial charge in [0.1, 0.15) is 0 Å². The fourth-order valence-corrected chi connectivity index (χ4v) is 3.66. The zero-order chi connectivity index (χ0) is 20.4. The zero-order valence-corrected chi connectivity index (χ0v) is 16.4. The summed E-state index contributed by atoms with van der Waals surface area (Å²) in [6.45, 7) is 6.18. The number of hydrogen-bond acceptors (Lipinski definition) is 4. The lowest BCUT2D eigenvalue weighted by molar-refractivity contribution is 0.343. The number of hydrogen-bond donors (Lipinski definition) is 1. The van der Waals surface area contributed by atoms with Crippen LogP contribution in [-0.4, -0.2) is 20.9 Å². The van der Waals surface area contributed by atoms with Crippen LogP contribution in [0.2, 0.25) is 0 Å². The molecule has 1 unspecified atom stereocenters. The van der Waals surface area contributed by atoms with Gasteiger partial charge in [0.2, 0.25) is 5.95 Å². The number of nitrogens with zero attached hydrogens (tertiary/aromatic N) is 3. The molecule has 2 heterocycles. The van der Waals surface area contributed by atoms with Gasteiger partial charge in [-0.25, -0.2) is 18.7 Å². The molecule has 1 N–H and O–H groups in total. The normalized spacial score (nSPS) is 17.7. The van der Waals surface area contributed by atoms with E-state index in [-0.39, 0.29) is 6.04 Å². The highest BCUT2D eigenvalue weighted by Gasteiger charge is 2.22. The highest BCUT2D eigenvalue weighted by molar-refractivity contribution is 5.75. The summed E-state index contributed by atoms with van der Waals surface area (Å²) < 4.78 is 27.0. The van der Waals surface area contributed by atoms with Crippen molar-refractivity contribution in [3.05, 3.63) is 84.0 Å². The Balaban J connectivity index is 1.53. The van der Waals surface area contributed by atoms with Crippen LogP contribution >= 0.6 is 0 Å². The minimum Gasteiger partial charge on any atom is -0.351 e. The van der Waals surface area contributed by atoms with Gasteiger partial charge in [0.05, 0.1) is 11.7 Å². The summed E-state index contributed by atoms with van der Waals surface area (Å²) in [6.07, 6.45) is 11.9. The van der Waals surface area contributed by atoms with Crippen LogP contribution in [0.1, 0.15) is 49.9 Å². The maximum Gasteiger partial charge on any atom is 0.223 e. The molecule has 29 heavy (non-hydrogen) atoms. The van der Waals surface area contributed by atoms with Crippen LogP contribution in [0.15, 0.2) is 61.1 Å². The van der Waals surface area contributed by atoms with Crippen molar-refractivity contribution in [1.82, 2.24) is 14.9 Å². The maximum atomic E-state index is 13.7. The van der Waals surface area contributed by atoms with E-state index in [1.165, 1.54) is 18.6 Å². The molecule has 6 heteroatoms. The molecule has 0 bridgehead atoms. The molecular formula is C23H24F2N4. The van der Waals surface area contributed by atoms with Crippen LogP contribution in [0.25, 0.3) is 5.57 Å². The summed E-state index contributed by atoms with van der Waals surface area (Å²) in [5, 5.41) is 3.36. The topological polar surface area (TPSA) is 41.1 Å². The molecule has 1 saturated carbocycles. The van der Waals surface area contributed by atoms with E-state index < -0.39 is 11.6 Å². The van der Waals surface area contributed by atoms with Crippen LogP contribution in [0.4, 0.5) is 14.7 Å². The first kappa shape index (κ1) is 19.3. The monoisotopic (exact) mass is 394 g/mol. The van der Waals surface area contributed by atoms with Crippen LogP contribution in [0.3, 0.4) is 0 Å². The molecule has 0 spiro atoms.